The second-order valence-electron chi connectivity index (χ2n) is 7.70. The summed E-state index contributed by atoms with van der Waals surface area (Å²) in [7, 11) is 0. The molecule has 0 aliphatic heterocycles. The van der Waals surface area contributed by atoms with E-state index in [1.807, 2.05) is 30.0 Å². The zero-order valence-corrected chi connectivity index (χ0v) is 19.1. The van der Waals surface area contributed by atoms with E-state index in [9.17, 15) is 4.79 Å². The van der Waals surface area contributed by atoms with E-state index >= 15 is 0 Å². The van der Waals surface area contributed by atoms with Gasteiger partial charge in [0.2, 0.25) is 0 Å². The van der Waals surface area contributed by atoms with Gasteiger partial charge < -0.3 is 9.30 Å². The molecule has 7 heteroatoms. The molecule has 0 aliphatic carbocycles. The Bertz CT molecular complexity index is 944. The van der Waals surface area contributed by atoms with Crippen LogP contribution in [0.3, 0.4) is 0 Å². The van der Waals surface area contributed by atoms with Crippen molar-refractivity contribution >= 4 is 28.9 Å². The van der Waals surface area contributed by atoms with Crippen LogP contribution in [0.1, 0.15) is 63.9 Å². The van der Waals surface area contributed by atoms with Gasteiger partial charge in [-0.2, -0.15) is 0 Å². The van der Waals surface area contributed by atoms with Gasteiger partial charge >= 0.3 is 5.97 Å². The first-order chi connectivity index (χ1) is 15.3. The van der Waals surface area contributed by atoms with E-state index in [4.69, 9.17) is 4.74 Å². The first-order valence-corrected chi connectivity index (χ1v) is 12.2. The Hall–Kier alpha value is -2.41. The molecule has 0 saturated heterocycles. The largest absolute Gasteiger partial charge is 0.459 e. The van der Waals surface area contributed by atoms with Crippen molar-refractivity contribution in [2.45, 2.75) is 76.3 Å². The van der Waals surface area contributed by atoms with Crippen molar-refractivity contribution in [3.05, 3.63) is 48.7 Å². The molecule has 0 aliphatic rings. The molecule has 31 heavy (non-hydrogen) atoms. The molecule has 0 spiro atoms. The number of benzene rings is 1. The minimum Gasteiger partial charge on any atom is -0.459 e. The van der Waals surface area contributed by atoms with E-state index in [0.717, 1.165) is 11.3 Å². The third-order valence-electron chi connectivity index (χ3n) is 5.20. The molecule has 0 amide bonds. The minimum atomic E-state index is -0.305. The van der Waals surface area contributed by atoms with Crippen LogP contribution in [0, 0.1) is 0 Å². The van der Waals surface area contributed by atoms with Crippen molar-refractivity contribution in [1.29, 1.82) is 0 Å². The molecule has 3 aromatic rings. The fourth-order valence-corrected chi connectivity index (χ4v) is 4.51. The Kier molecular flexibility index (Phi) is 9.83. The number of carbonyl (C=O) groups is 1. The molecule has 0 fully saturated rings. The molecule has 2 aromatic heterocycles. The summed E-state index contributed by atoms with van der Waals surface area (Å²) in [5, 5.41) is 0. The Morgan fingerprint density at radius 3 is 2.65 bits per heavy atom. The topological polar surface area (TPSA) is 69.9 Å². The number of nitrogens with zero attached hydrogens (tertiary/aromatic N) is 4. The molecule has 0 unspecified atom stereocenters. The summed E-state index contributed by atoms with van der Waals surface area (Å²) in [5.41, 5.74) is 2.35. The van der Waals surface area contributed by atoms with E-state index in [2.05, 4.69) is 27.9 Å². The van der Waals surface area contributed by atoms with Crippen molar-refractivity contribution in [2.24, 2.45) is 0 Å². The lowest BCUT2D eigenvalue weighted by molar-refractivity contribution is -0.145. The highest BCUT2D eigenvalue weighted by Gasteiger charge is 2.11. The maximum Gasteiger partial charge on any atom is 0.326 e. The third kappa shape index (κ3) is 7.65. The first kappa shape index (κ1) is 23.3. The molecule has 6 nitrogen and oxygen atoms in total. The molecule has 166 valence electrons. The van der Waals surface area contributed by atoms with E-state index in [-0.39, 0.29) is 19.1 Å². The fraction of sp³-hybridized carbons (Fsp3) is 0.500. The Balaban J connectivity index is 1.39. The predicted octanol–water partition coefficient (Wildman–Crippen LogP) is 5.80. The highest BCUT2D eigenvalue weighted by molar-refractivity contribution is 7.99. The number of aromatic nitrogens is 4. The quantitative estimate of drug-likeness (QED) is 0.179. The summed E-state index contributed by atoms with van der Waals surface area (Å²) in [4.78, 5) is 25.9. The van der Waals surface area contributed by atoms with E-state index in [1.165, 1.54) is 62.6 Å². The van der Waals surface area contributed by atoms with Gasteiger partial charge in [0, 0.05) is 10.5 Å². The smallest absolute Gasteiger partial charge is 0.326 e. The van der Waals surface area contributed by atoms with Crippen LogP contribution in [0.4, 0.5) is 0 Å². The van der Waals surface area contributed by atoms with Gasteiger partial charge in [-0.05, 0) is 18.2 Å². The number of hydrogen-bond acceptors (Lipinski definition) is 6. The summed E-state index contributed by atoms with van der Waals surface area (Å²) >= 11 is 1.85. The lowest BCUT2D eigenvalue weighted by Crippen LogP contribution is -2.13. The fourth-order valence-electron chi connectivity index (χ4n) is 3.46. The van der Waals surface area contributed by atoms with Gasteiger partial charge in [-0.3, -0.25) is 4.79 Å². The molecule has 3 rings (SSSR count). The third-order valence-corrected chi connectivity index (χ3v) is 6.40. The number of esters is 1. The Labute approximate surface area is 188 Å². The minimum absolute atomic E-state index is 0.0844. The van der Waals surface area contributed by atoms with Gasteiger partial charge in [0.1, 0.15) is 25.0 Å². The van der Waals surface area contributed by atoms with Crippen LogP contribution in [-0.4, -0.2) is 31.2 Å². The Morgan fingerprint density at radius 2 is 1.81 bits per heavy atom. The lowest BCUT2D eigenvalue weighted by atomic mass is 10.1. The number of hydrogen-bond donors (Lipinski definition) is 0. The summed E-state index contributed by atoms with van der Waals surface area (Å²) in [6.07, 6.45) is 15.3. The van der Waals surface area contributed by atoms with Crippen molar-refractivity contribution in [3.8, 4) is 0 Å². The van der Waals surface area contributed by atoms with Crippen LogP contribution >= 0.6 is 11.8 Å². The average Bonchev–Trinajstić information content (AvgIpc) is 3.20. The van der Waals surface area contributed by atoms with Gasteiger partial charge in [0.05, 0.1) is 12.5 Å². The molecule has 1 aromatic carbocycles. The highest BCUT2D eigenvalue weighted by Crippen LogP contribution is 2.25. The van der Waals surface area contributed by atoms with Crippen LogP contribution in [0.25, 0.3) is 11.2 Å². The van der Waals surface area contributed by atoms with Gasteiger partial charge in [0.25, 0.3) is 0 Å². The SMILES string of the molecule is CCCCCCCCCCSc1ccccc1COC(=O)Cn1cnc2cncnc21. The van der Waals surface area contributed by atoms with Gasteiger partial charge in [-0.15, -0.1) is 11.8 Å². The molecular weight excluding hydrogens is 408 g/mol. The number of unbranched alkanes of at least 4 members (excludes halogenated alkanes) is 7. The van der Waals surface area contributed by atoms with Crippen LogP contribution in [-0.2, 0) is 22.7 Å². The number of ether oxygens (including phenoxy) is 1. The van der Waals surface area contributed by atoms with Crippen LogP contribution in [0.2, 0.25) is 0 Å². The maximum absolute atomic E-state index is 12.3. The van der Waals surface area contributed by atoms with E-state index < -0.39 is 0 Å². The molecular formula is C24H32N4O2S. The molecule has 0 saturated carbocycles. The van der Waals surface area contributed by atoms with Crippen molar-refractivity contribution < 1.29 is 9.53 Å². The number of imidazole rings is 1. The summed E-state index contributed by atoms with van der Waals surface area (Å²) in [6.45, 7) is 2.62. The first-order valence-electron chi connectivity index (χ1n) is 11.2. The molecule has 0 bridgehead atoms. The van der Waals surface area contributed by atoms with Crippen LogP contribution in [0.5, 0.6) is 0 Å². The molecule has 0 N–H and O–H groups in total. The van der Waals surface area contributed by atoms with Crippen molar-refractivity contribution in [2.75, 3.05) is 5.75 Å². The second-order valence-corrected chi connectivity index (χ2v) is 8.83. The van der Waals surface area contributed by atoms with E-state index in [1.54, 1.807) is 17.1 Å². The standard InChI is InChI=1S/C24H32N4O2S/c1-2-3-4-5-6-7-8-11-14-31-22-13-10-9-12-20(22)17-30-23(29)16-28-19-27-21-15-25-18-26-24(21)28/h9-10,12-13,15,18-19H,2-8,11,14,16-17H2,1H3. The van der Waals surface area contributed by atoms with Crippen molar-refractivity contribution in [1.82, 2.24) is 19.5 Å². The van der Waals surface area contributed by atoms with Gasteiger partial charge in [-0.1, -0.05) is 70.1 Å². The van der Waals surface area contributed by atoms with Crippen LogP contribution in [0.15, 0.2) is 48.0 Å². The zero-order chi connectivity index (χ0) is 21.7. The normalized spacial score (nSPS) is 11.1. The molecule has 0 radical (unpaired) electrons. The molecule has 0 atom stereocenters. The zero-order valence-electron chi connectivity index (χ0n) is 18.3. The molecule has 2 heterocycles. The van der Waals surface area contributed by atoms with Gasteiger partial charge in [-0.25, -0.2) is 15.0 Å². The Morgan fingerprint density at radius 1 is 1.03 bits per heavy atom. The van der Waals surface area contributed by atoms with Crippen molar-refractivity contribution in [3.63, 3.8) is 0 Å². The number of rotatable bonds is 14. The van der Waals surface area contributed by atoms with Crippen LogP contribution < -0.4 is 0 Å². The average molecular weight is 441 g/mol. The number of thioether (sulfide) groups is 1. The monoisotopic (exact) mass is 440 g/mol. The van der Waals surface area contributed by atoms with Gasteiger partial charge in [0.15, 0.2) is 5.65 Å². The maximum atomic E-state index is 12.3. The summed E-state index contributed by atoms with van der Waals surface area (Å²) in [6, 6.07) is 8.17. The highest BCUT2D eigenvalue weighted by atomic mass is 32.2. The lowest BCUT2D eigenvalue weighted by Gasteiger charge is -2.10. The summed E-state index contributed by atoms with van der Waals surface area (Å²) < 4.78 is 7.22. The number of carbonyl (C=O) groups excluding carboxylic acids is 1. The second kappa shape index (κ2) is 13.1. The number of fused-ring (bicyclic) bond motifs is 1. The summed E-state index contributed by atoms with van der Waals surface area (Å²) in [5.74, 6) is 0.793. The van der Waals surface area contributed by atoms with E-state index in [0.29, 0.717) is 11.2 Å². The predicted molar refractivity (Wildman–Crippen MR) is 125 cm³/mol.